The van der Waals surface area contributed by atoms with E-state index in [1.807, 2.05) is 12.1 Å². The first-order valence-electron chi connectivity index (χ1n) is 5.56. The Morgan fingerprint density at radius 3 is 2.93 bits per heavy atom. The van der Waals surface area contributed by atoms with Crippen molar-refractivity contribution in [2.75, 3.05) is 0 Å². The van der Waals surface area contributed by atoms with E-state index in [-0.39, 0.29) is 12.1 Å². The zero-order valence-corrected chi connectivity index (χ0v) is 8.80. The lowest BCUT2D eigenvalue weighted by Crippen LogP contribution is -2.38. The van der Waals surface area contributed by atoms with E-state index in [0.29, 0.717) is 5.88 Å². The quantitative estimate of drug-likeness (QED) is 0.747. The Hall–Kier alpha value is -1.16. The summed E-state index contributed by atoms with van der Waals surface area (Å²) < 4.78 is 5.75. The Balaban J connectivity index is 1.97. The van der Waals surface area contributed by atoms with Crippen LogP contribution in [0.2, 0.25) is 0 Å². The van der Waals surface area contributed by atoms with Crippen LogP contribution in [0.4, 0.5) is 0 Å². The highest BCUT2D eigenvalue weighted by atomic mass is 16.5. The van der Waals surface area contributed by atoms with Crippen molar-refractivity contribution in [2.45, 2.75) is 44.2 Å². The molecule has 2 atom stereocenters. The number of hydrogen-bond donors (Lipinski definition) is 1. The first kappa shape index (κ1) is 10.4. The third-order valence-electron chi connectivity index (χ3n) is 2.82. The van der Waals surface area contributed by atoms with Crippen molar-refractivity contribution in [1.29, 1.82) is 0 Å². The molecule has 0 radical (unpaired) electrons. The standard InChI is InChI=1S/C11H17N3O/c12-9-5-2-1-3-6-10(9)15-11-7-4-8-13-14-11/h4,7-10H,1-3,5-6,12H2. The minimum absolute atomic E-state index is 0.101. The second-order valence-corrected chi connectivity index (χ2v) is 4.02. The summed E-state index contributed by atoms with van der Waals surface area (Å²) in [5.74, 6) is 0.583. The number of nitrogens with zero attached hydrogens (tertiary/aromatic N) is 2. The largest absolute Gasteiger partial charge is 0.472 e. The molecule has 0 saturated heterocycles. The topological polar surface area (TPSA) is 61.0 Å². The molecule has 0 bridgehead atoms. The van der Waals surface area contributed by atoms with E-state index >= 15 is 0 Å². The third-order valence-corrected chi connectivity index (χ3v) is 2.82. The van der Waals surface area contributed by atoms with Crippen LogP contribution in [0.3, 0.4) is 0 Å². The van der Waals surface area contributed by atoms with E-state index in [2.05, 4.69) is 10.2 Å². The van der Waals surface area contributed by atoms with Crippen molar-refractivity contribution in [3.63, 3.8) is 0 Å². The van der Waals surface area contributed by atoms with Gasteiger partial charge in [-0.25, -0.2) is 0 Å². The maximum Gasteiger partial charge on any atom is 0.233 e. The molecule has 0 aliphatic heterocycles. The molecule has 4 heteroatoms. The number of rotatable bonds is 2. The smallest absolute Gasteiger partial charge is 0.233 e. The van der Waals surface area contributed by atoms with E-state index < -0.39 is 0 Å². The zero-order valence-electron chi connectivity index (χ0n) is 8.80. The van der Waals surface area contributed by atoms with Gasteiger partial charge in [-0.05, 0) is 25.3 Å². The molecule has 1 aromatic heterocycles. The van der Waals surface area contributed by atoms with Gasteiger partial charge in [0.2, 0.25) is 5.88 Å². The predicted octanol–water partition coefficient (Wildman–Crippen LogP) is 1.52. The molecule has 0 spiro atoms. The monoisotopic (exact) mass is 207 g/mol. The van der Waals surface area contributed by atoms with Gasteiger partial charge >= 0.3 is 0 Å². The Morgan fingerprint density at radius 1 is 1.27 bits per heavy atom. The van der Waals surface area contributed by atoms with E-state index in [9.17, 15) is 0 Å². The summed E-state index contributed by atoms with van der Waals surface area (Å²) in [6, 6.07) is 3.78. The lowest BCUT2D eigenvalue weighted by molar-refractivity contribution is 0.154. The molecule has 2 N–H and O–H groups in total. The summed E-state index contributed by atoms with van der Waals surface area (Å²) >= 11 is 0. The van der Waals surface area contributed by atoms with Crippen molar-refractivity contribution >= 4 is 0 Å². The van der Waals surface area contributed by atoms with Crippen molar-refractivity contribution in [2.24, 2.45) is 5.73 Å². The molecule has 1 saturated carbocycles. The lowest BCUT2D eigenvalue weighted by atomic mass is 10.1. The predicted molar refractivity (Wildman–Crippen MR) is 57.5 cm³/mol. The van der Waals surface area contributed by atoms with Crippen molar-refractivity contribution < 1.29 is 4.74 Å². The Morgan fingerprint density at radius 2 is 2.13 bits per heavy atom. The summed E-state index contributed by atoms with van der Waals surface area (Å²) in [6.45, 7) is 0. The fraction of sp³-hybridized carbons (Fsp3) is 0.636. The minimum Gasteiger partial charge on any atom is -0.472 e. The van der Waals surface area contributed by atoms with E-state index in [1.165, 1.54) is 19.3 Å². The molecule has 4 nitrogen and oxygen atoms in total. The van der Waals surface area contributed by atoms with Gasteiger partial charge in [-0.1, -0.05) is 12.8 Å². The van der Waals surface area contributed by atoms with Crippen LogP contribution in [-0.2, 0) is 0 Å². The normalized spacial score (nSPS) is 27.0. The van der Waals surface area contributed by atoms with E-state index in [4.69, 9.17) is 10.5 Å². The highest BCUT2D eigenvalue weighted by Crippen LogP contribution is 2.20. The summed E-state index contributed by atoms with van der Waals surface area (Å²) in [5, 5.41) is 7.69. The van der Waals surface area contributed by atoms with Crippen LogP contribution in [0.25, 0.3) is 0 Å². The molecule has 0 amide bonds. The zero-order chi connectivity index (χ0) is 10.5. The summed E-state index contributed by atoms with van der Waals surface area (Å²) in [7, 11) is 0. The van der Waals surface area contributed by atoms with Crippen LogP contribution < -0.4 is 10.5 Å². The molecule has 1 heterocycles. The Labute approximate surface area is 89.8 Å². The van der Waals surface area contributed by atoms with Gasteiger partial charge in [-0.15, -0.1) is 5.10 Å². The van der Waals surface area contributed by atoms with Crippen LogP contribution in [0.15, 0.2) is 18.3 Å². The van der Waals surface area contributed by atoms with Gasteiger partial charge in [-0.3, -0.25) is 0 Å². The highest BCUT2D eigenvalue weighted by molar-refractivity contribution is 5.06. The number of aromatic nitrogens is 2. The molecule has 1 aromatic rings. The van der Waals surface area contributed by atoms with Gasteiger partial charge in [0.05, 0.1) is 0 Å². The van der Waals surface area contributed by atoms with Gasteiger partial charge in [0.15, 0.2) is 0 Å². The van der Waals surface area contributed by atoms with Crippen LogP contribution in [0.1, 0.15) is 32.1 Å². The second kappa shape index (κ2) is 5.07. The Kier molecular flexibility index (Phi) is 3.50. The summed E-state index contributed by atoms with van der Waals surface area (Å²) in [5.41, 5.74) is 6.05. The highest BCUT2D eigenvalue weighted by Gasteiger charge is 2.22. The average Bonchev–Trinajstić information content (AvgIpc) is 2.46. The third kappa shape index (κ3) is 2.89. The van der Waals surface area contributed by atoms with Gasteiger partial charge in [-0.2, -0.15) is 5.10 Å². The molecule has 1 aliphatic carbocycles. The lowest BCUT2D eigenvalue weighted by Gasteiger charge is -2.21. The van der Waals surface area contributed by atoms with Crippen molar-refractivity contribution in [3.05, 3.63) is 18.3 Å². The van der Waals surface area contributed by atoms with Crippen LogP contribution in [0.5, 0.6) is 5.88 Å². The molecule has 82 valence electrons. The number of nitrogens with two attached hydrogens (primary N) is 1. The molecule has 1 aliphatic rings. The fourth-order valence-electron chi connectivity index (χ4n) is 1.95. The molecular weight excluding hydrogens is 190 g/mol. The molecule has 15 heavy (non-hydrogen) atoms. The fourth-order valence-corrected chi connectivity index (χ4v) is 1.95. The van der Waals surface area contributed by atoms with Crippen molar-refractivity contribution in [1.82, 2.24) is 10.2 Å². The molecule has 2 rings (SSSR count). The Bertz CT molecular complexity index is 291. The van der Waals surface area contributed by atoms with Gasteiger partial charge in [0.1, 0.15) is 6.10 Å². The van der Waals surface area contributed by atoms with Gasteiger partial charge < -0.3 is 10.5 Å². The average molecular weight is 207 g/mol. The van der Waals surface area contributed by atoms with Gasteiger partial charge in [0, 0.05) is 18.3 Å². The first-order valence-corrected chi connectivity index (χ1v) is 5.56. The molecule has 0 aromatic carbocycles. The van der Waals surface area contributed by atoms with Crippen molar-refractivity contribution in [3.8, 4) is 5.88 Å². The second-order valence-electron chi connectivity index (χ2n) is 4.02. The van der Waals surface area contributed by atoms with Crippen LogP contribution >= 0.6 is 0 Å². The van der Waals surface area contributed by atoms with Gasteiger partial charge in [0.25, 0.3) is 0 Å². The number of ether oxygens (including phenoxy) is 1. The molecular formula is C11H17N3O. The minimum atomic E-state index is 0.101. The van der Waals surface area contributed by atoms with Crippen LogP contribution in [-0.4, -0.2) is 22.3 Å². The first-order chi connectivity index (χ1) is 7.36. The molecule has 2 unspecified atom stereocenters. The molecule has 1 fully saturated rings. The SMILES string of the molecule is NC1CCCCCC1Oc1cccnn1. The summed E-state index contributed by atoms with van der Waals surface area (Å²) in [4.78, 5) is 0. The van der Waals surface area contributed by atoms with Crippen LogP contribution in [0, 0.1) is 0 Å². The van der Waals surface area contributed by atoms with E-state index in [0.717, 1.165) is 12.8 Å². The maximum atomic E-state index is 6.05. The maximum absolute atomic E-state index is 6.05. The summed E-state index contributed by atoms with van der Waals surface area (Å²) in [6.07, 6.45) is 7.47. The number of hydrogen-bond acceptors (Lipinski definition) is 4. The van der Waals surface area contributed by atoms with E-state index in [1.54, 1.807) is 6.20 Å².